The lowest BCUT2D eigenvalue weighted by Crippen LogP contribution is -2.44. The Morgan fingerprint density at radius 2 is 2.00 bits per heavy atom. The van der Waals surface area contributed by atoms with Gasteiger partial charge < -0.3 is 0 Å². The SMILES string of the molecule is CC1CC(C)C2CCC2C1=O. The normalized spacial score (nSPS) is 49.8. The molecule has 2 saturated carbocycles. The molecule has 0 heterocycles. The van der Waals surface area contributed by atoms with Crippen LogP contribution in [-0.2, 0) is 4.79 Å². The summed E-state index contributed by atoms with van der Waals surface area (Å²) in [6, 6.07) is 0. The standard InChI is InChI=1S/C10H16O/c1-6-5-7(2)10(11)9-4-3-8(6)9/h6-9H,3-5H2,1-2H3. The molecule has 4 atom stereocenters. The second-order valence-corrected chi connectivity index (χ2v) is 4.36. The Kier molecular flexibility index (Phi) is 1.55. The lowest BCUT2D eigenvalue weighted by Gasteiger charge is -2.45. The topological polar surface area (TPSA) is 17.1 Å². The van der Waals surface area contributed by atoms with Crippen LogP contribution in [0.2, 0.25) is 0 Å². The predicted octanol–water partition coefficient (Wildman–Crippen LogP) is 2.26. The van der Waals surface area contributed by atoms with Crippen molar-refractivity contribution in [2.75, 3.05) is 0 Å². The Morgan fingerprint density at radius 1 is 1.27 bits per heavy atom. The summed E-state index contributed by atoms with van der Waals surface area (Å²) in [7, 11) is 0. The minimum absolute atomic E-state index is 0.353. The van der Waals surface area contributed by atoms with E-state index in [-0.39, 0.29) is 0 Å². The van der Waals surface area contributed by atoms with Gasteiger partial charge in [0.25, 0.3) is 0 Å². The van der Waals surface area contributed by atoms with Crippen LogP contribution in [0.5, 0.6) is 0 Å². The molecule has 2 aliphatic rings. The Morgan fingerprint density at radius 3 is 2.55 bits per heavy atom. The first-order chi connectivity index (χ1) is 5.20. The van der Waals surface area contributed by atoms with E-state index in [1.165, 1.54) is 12.8 Å². The van der Waals surface area contributed by atoms with Crippen LogP contribution in [0.15, 0.2) is 0 Å². The van der Waals surface area contributed by atoms with E-state index in [0.717, 1.165) is 18.3 Å². The van der Waals surface area contributed by atoms with E-state index in [9.17, 15) is 4.79 Å². The van der Waals surface area contributed by atoms with Gasteiger partial charge in [-0.3, -0.25) is 4.79 Å². The molecule has 11 heavy (non-hydrogen) atoms. The summed E-state index contributed by atoms with van der Waals surface area (Å²) in [6.07, 6.45) is 3.63. The van der Waals surface area contributed by atoms with Crippen molar-refractivity contribution in [2.45, 2.75) is 33.1 Å². The van der Waals surface area contributed by atoms with E-state index in [1.54, 1.807) is 0 Å². The van der Waals surface area contributed by atoms with Crippen LogP contribution in [0.1, 0.15) is 33.1 Å². The van der Waals surface area contributed by atoms with Crippen LogP contribution in [-0.4, -0.2) is 5.78 Å². The van der Waals surface area contributed by atoms with Crippen molar-refractivity contribution in [1.82, 2.24) is 0 Å². The molecule has 0 radical (unpaired) electrons. The Hall–Kier alpha value is -0.330. The maximum absolute atomic E-state index is 11.5. The van der Waals surface area contributed by atoms with E-state index in [1.807, 2.05) is 0 Å². The van der Waals surface area contributed by atoms with E-state index in [2.05, 4.69) is 13.8 Å². The summed E-state index contributed by atoms with van der Waals surface area (Å²) in [5, 5.41) is 0. The quantitative estimate of drug-likeness (QED) is 0.520. The maximum Gasteiger partial charge on any atom is 0.139 e. The molecule has 0 bridgehead atoms. The average Bonchev–Trinajstić information content (AvgIpc) is 1.81. The monoisotopic (exact) mass is 152 g/mol. The van der Waals surface area contributed by atoms with Crippen LogP contribution in [0.4, 0.5) is 0 Å². The largest absolute Gasteiger partial charge is 0.299 e. The molecule has 0 aromatic rings. The van der Waals surface area contributed by atoms with Crippen molar-refractivity contribution >= 4 is 5.78 Å². The summed E-state index contributed by atoms with van der Waals surface area (Å²) < 4.78 is 0. The summed E-state index contributed by atoms with van der Waals surface area (Å²) in [4.78, 5) is 11.5. The number of ketones is 1. The fourth-order valence-electron chi connectivity index (χ4n) is 2.77. The maximum atomic E-state index is 11.5. The molecule has 0 saturated heterocycles. The molecule has 0 aromatic heterocycles. The van der Waals surface area contributed by atoms with Crippen LogP contribution in [0, 0.1) is 23.7 Å². The van der Waals surface area contributed by atoms with Crippen LogP contribution in [0.25, 0.3) is 0 Å². The molecular formula is C10H16O. The number of Topliss-reactive ketones (excluding diaryl/α,β-unsaturated/α-hetero) is 1. The van der Waals surface area contributed by atoms with Gasteiger partial charge in [0.2, 0.25) is 0 Å². The molecular weight excluding hydrogens is 136 g/mol. The van der Waals surface area contributed by atoms with Crippen LogP contribution < -0.4 is 0 Å². The van der Waals surface area contributed by atoms with Crippen LogP contribution in [0.3, 0.4) is 0 Å². The molecule has 62 valence electrons. The van der Waals surface area contributed by atoms with Crippen molar-refractivity contribution < 1.29 is 4.79 Å². The molecule has 0 aliphatic heterocycles. The van der Waals surface area contributed by atoms with Crippen molar-refractivity contribution in [2.24, 2.45) is 23.7 Å². The Bertz CT molecular complexity index is 185. The van der Waals surface area contributed by atoms with Gasteiger partial charge in [-0.2, -0.15) is 0 Å². The highest BCUT2D eigenvalue weighted by atomic mass is 16.1. The highest BCUT2D eigenvalue weighted by Crippen LogP contribution is 2.47. The third-order valence-electron chi connectivity index (χ3n) is 3.64. The smallest absolute Gasteiger partial charge is 0.139 e. The summed E-state index contributed by atoms with van der Waals surface area (Å²) in [6.45, 7) is 4.40. The average molecular weight is 152 g/mol. The zero-order valence-electron chi connectivity index (χ0n) is 7.34. The fourth-order valence-corrected chi connectivity index (χ4v) is 2.77. The molecule has 0 amide bonds. The third-order valence-corrected chi connectivity index (χ3v) is 3.64. The van der Waals surface area contributed by atoms with Gasteiger partial charge in [0.05, 0.1) is 0 Å². The molecule has 4 unspecified atom stereocenters. The summed E-state index contributed by atoms with van der Waals surface area (Å²) in [5.41, 5.74) is 0. The van der Waals surface area contributed by atoms with Gasteiger partial charge in [0.1, 0.15) is 5.78 Å². The zero-order chi connectivity index (χ0) is 8.01. The second-order valence-electron chi connectivity index (χ2n) is 4.36. The molecule has 2 rings (SSSR count). The second kappa shape index (κ2) is 2.33. The molecule has 0 spiro atoms. The lowest BCUT2D eigenvalue weighted by molar-refractivity contribution is -0.138. The third kappa shape index (κ3) is 0.935. The highest BCUT2D eigenvalue weighted by Gasteiger charge is 2.45. The highest BCUT2D eigenvalue weighted by molar-refractivity contribution is 5.85. The first-order valence-corrected chi connectivity index (χ1v) is 4.74. The number of hydrogen-bond acceptors (Lipinski definition) is 1. The zero-order valence-corrected chi connectivity index (χ0v) is 7.34. The van der Waals surface area contributed by atoms with Gasteiger partial charge in [-0.1, -0.05) is 13.8 Å². The molecule has 2 aliphatic carbocycles. The molecule has 2 fully saturated rings. The first kappa shape index (κ1) is 7.33. The van der Waals surface area contributed by atoms with Crippen LogP contribution >= 0.6 is 0 Å². The van der Waals surface area contributed by atoms with Crippen molar-refractivity contribution in [1.29, 1.82) is 0 Å². The van der Waals surface area contributed by atoms with Gasteiger partial charge in [-0.05, 0) is 31.1 Å². The number of carbonyl (C=O) groups excluding carboxylic acids is 1. The number of rotatable bonds is 0. The first-order valence-electron chi connectivity index (χ1n) is 4.74. The van der Waals surface area contributed by atoms with E-state index < -0.39 is 0 Å². The Balaban J connectivity index is 2.13. The van der Waals surface area contributed by atoms with E-state index in [0.29, 0.717) is 17.6 Å². The van der Waals surface area contributed by atoms with Gasteiger partial charge >= 0.3 is 0 Å². The Labute approximate surface area is 68.2 Å². The molecule has 0 N–H and O–H groups in total. The molecule has 1 heteroatoms. The summed E-state index contributed by atoms with van der Waals surface area (Å²) >= 11 is 0. The van der Waals surface area contributed by atoms with E-state index >= 15 is 0 Å². The van der Waals surface area contributed by atoms with E-state index in [4.69, 9.17) is 0 Å². The number of hydrogen-bond donors (Lipinski definition) is 0. The van der Waals surface area contributed by atoms with Gasteiger partial charge in [-0.15, -0.1) is 0 Å². The molecule has 1 nitrogen and oxygen atoms in total. The minimum atomic E-state index is 0.353. The van der Waals surface area contributed by atoms with Gasteiger partial charge in [0, 0.05) is 11.8 Å². The van der Waals surface area contributed by atoms with Gasteiger partial charge in [-0.25, -0.2) is 0 Å². The number of fused-ring (bicyclic) bond motifs is 1. The van der Waals surface area contributed by atoms with Crippen molar-refractivity contribution in [3.8, 4) is 0 Å². The van der Waals surface area contributed by atoms with Gasteiger partial charge in [0.15, 0.2) is 0 Å². The minimum Gasteiger partial charge on any atom is -0.299 e. The number of carbonyl (C=O) groups is 1. The molecule has 0 aromatic carbocycles. The van der Waals surface area contributed by atoms with Crippen molar-refractivity contribution in [3.05, 3.63) is 0 Å². The predicted molar refractivity (Wildman–Crippen MR) is 44.2 cm³/mol. The lowest BCUT2D eigenvalue weighted by atomic mass is 9.58. The van der Waals surface area contributed by atoms with Crippen molar-refractivity contribution in [3.63, 3.8) is 0 Å². The fraction of sp³-hybridized carbons (Fsp3) is 0.900. The summed E-state index contributed by atoms with van der Waals surface area (Å²) in [5.74, 6) is 2.94.